The summed E-state index contributed by atoms with van der Waals surface area (Å²) in [6.45, 7) is -1.84. The van der Waals surface area contributed by atoms with Crippen LogP contribution in [0, 0.1) is 5.92 Å². The molecule has 8 N–H and O–H groups in total. The summed E-state index contributed by atoms with van der Waals surface area (Å²) in [5.74, 6) is -0.504. The smallest absolute Gasteiger partial charge is 0.343 e. The molecule has 240 valence electrons. The van der Waals surface area contributed by atoms with Crippen molar-refractivity contribution < 1.29 is 38.1 Å². The number of hydrogen-bond acceptors (Lipinski definition) is 10. The molecular weight excluding hydrogens is 606 g/mol. The van der Waals surface area contributed by atoms with Gasteiger partial charge in [-0.25, -0.2) is 14.6 Å². The van der Waals surface area contributed by atoms with Crippen molar-refractivity contribution in [3.05, 3.63) is 81.9 Å². The molecule has 1 aliphatic carbocycles. The van der Waals surface area contributed by atoms with Crippen LogP contribution in [0.3, 0.4) is 0 Å². The van der Waals surface area contributed by atoms with Crippen LogP contribution < -0.4 is 21.0 Å². The zero-order valence-electron chi connectivity index (χ0n) is 24.2. The molecule has 0 saturated heterocycles. The highest BCUT2D eigenvalue weighted by Gasteiger charge is 2.37. The second kappa shape index (κ2) is 13.3. The van der Waals surface area contributed by atoms with Gasteiger partial charge in [-0.05, 0) is 55.0 Å². The number of aliphatic hydroxyl groups excluding tert-OH is 3. The van der Waals surface area contributed by atoms with E-state index in [1.54, 1.807) is 48.5 Å². The number of imidazole rings is 1. The fraction of sp³-hybridized carbons (Fsp3) is 0.367. The number of aromatic hydroxyl groups is 1. The Balaban J connectivity index is 1.28. The molecule has 1 aliphatic rings. The number of benzene rings is 2. The summed E-state index contributed by atoms with van der Waals surface area (Å²) in [4.78, 5) is 32.2. The minimum atomic E-state index is -4.05. The van der Waals surface area contributed by atoms with Crippen LogP contribution in [-0.4, -0.2) is 76.7 Å². The molecule has 2 aromatic heterocycles. The number of carbonyl (C=O) groups is 1. The molecule has 0 aliphatic heterocycles. The van der Waals surface area contributed by atoms with Crippen LogP contribution in [0.25, 0.3) is 11.0 Å². The second-order valence-electron chi connectivity index (χ2n) is 11.1. The number of aliphatic hydroxyl groups is 3. The summed E-state index contributed by atoms with van der Waals surface area (Å²) in [6.07, 6.45) is 2.18. The Hall–Kier alpha value is -4.44. The van der Waals surface area contributed by atoms with Crippen LogP contribution in [0.15, 0.2) is 69.0 Å². The maximum absolute atomic E-state index is 13.2. The third-order valence-electron chi connectivity index (χ3n) is 7.71. The van der Waals surface area contributed by atoms with Gasteiger partial charge in [0.1, 0.15) is 17.0 Å². The maximum atomic E-state index is 13.2. The van der Waals surface area contributed by atoms with Crippen LogP contribution in [0.1, 0.15) is 42.1 Å². The summed E-state index contributed by atoms with van der Waals surface area (Å²) in [7, 11) is -4.05. The molecule has 4 aromatic rings. The van der Waals surface area contributed by atoms with Crippen LogP contribution in [-0.2, 0) is 16.4 Å². The number of sulfonamides is 1. The molecule has 0 bridgehead atoms. The van der Waals surface area contributed by atoms with Gasteiger partial charge in [-0.2, -0.15) is 8.42 Å². The van der Waals surface area contributed by atoms with Gasteiger partial charge in [-0.15, -0.1) is 0 Å². The van der Waals surface area contributed by atoms with E-state index in [2.05, 4.69) is 25.3 Å². The number of rotatable bonds is 14. The lowest BCUT2D eigenvalue weighted by Crippen LogP contribution is -2.59. The Kier molecular flexibility index (Phi) is 9.43. The first kappa shape index (κ1) is 32.0. The number of carbonyl (C=O) groups excluding carboxylic acids is 1. The number of aromatic nitrogens is 2. The first-order valence-corrected chi connectivity index (χ1v) is 15.9. The van der Waals surface area contributed by atoms with Gasteiger partial charge in [0.05, 0.1) is 36.4 Å². The summed E-state index contributed by atoms with van der Waals surface area (Å²) in [5, 5.41) is 43.6. The third-order valence-corrected chi connectivity index (χ3v) is 8.92. The number of anilines is 1. The van der Waals surface area contributed by atoms with Crippen molar-refractivity contribution >= 4 is 32.8 Å². The molecule has 14 nitrogen and oxygen atoms in total. The number of fused-ring (bicyclic) bond motifs is 1. The molecular formula is C30H35N5O9S. The number of H-pyrrole nitrogens is 1. The number of aromatic amines is 1. The van der Waals surface area contributed by atoms with Crippen LogP contribution >= 0.6 is 0 Å². The largest absolute Gasteiger partial charge is 0.507 e. The van der Waals surface area contributed by atoms with Gasteiger partial charge in [0.2, 0.25) is 5.16 Å². The lowest BCUT2D eigenvalue weighted by Gasteiger charge is -2.28. The fourth-order valence-electron chi connectivity index (χ4n) is 5.13. The Bertz CT molecular complexity index is 1790. The number of amides is 2. The van der Waals surface area contributed by atoms with Gasteiger partial charge >= 0.3 is 11.7 Å². The first-order chi connectivity index (χ1) is 21.6. The van der Waals surface area contributed by atoms with Gasteiger partial charge in [0.25, 0.3) is 10.0 Å². The number of para-hydroxylation sites is 2. The van der Waals surface area contributed by atoms with E-state index in [1.165, 1.54) is 6.07 Å². The standard InChI is InChI=1S/C30H35N5O9S/c36-15-30(16-37,17-38)34-28(41)31-12-4-7-21-14-24(39)26(27(40)44-21)25(18-10-11-18)19-5-3-6-20(13-19)35-45(42,43)29-32-22-8-1-2-9-23(22)33-29/h1-3,5-6,8-9,13-14,18,25,35-39H,4,7,10-12,15-17H2,(H,32,33)(H2,31,34,41). The zero-order chi connectivity index (χ0) is 32.2. The normalized spacial score (nSPS) is 14.3. The van der Waals surface area contributed by atoms with Crippen molar-refractivity contribution in [2.24, 2.45) is 5.92 Å². The molecule has 1 atom stereocenters. The molecule has 1 saturated carbocycles. The van der Waals surface area contributed by atoms with Crippen LogP contribution in [0.4, 0.5) is 10.5 Å². The lowest BCUT2D eigenvalue weighted by atomic mass is 9.87. The molecule has 5 rings (SSSR count). The van der Waals surface area contributed by atoms with Crippen molar-refractivity contribution in [1.29, 1.82) is 0 Å². The van der Waals surface area contributed by atoms with E-state index >= 15 is 0 Å². The van der Waals surface area contributed by atoms with E-state index in [1.807, 2.05) is 0 Å². The molecule has 15 heteroatoms. The summed E-state index contributed by atoms with van der Waals surface area (Å²) < 4.78 is 34.3. The Morgan fingerprint density at radius 2 is 1.80 bits per heavy atom. The van der Waals surface area contributed by atoms with E-state index in [4.69, 9.17) is 4.42 Å². The van der Waals surface area contributed by atoms with Gasteiger partial charge in [0, 0.05) is 30.6 Å². The number of aryl methyl sites for hydroxylation is 1. The lowest BCUT2D eigenvalue weighted by molar-refractivity contribution is 0.0493. The van der Waals surface area contributed by atoms with E-state index in [0.29, 0.717) is 23.0 Å². The highest BCUT2D eigenvalue weighted by molar-refractivity contribution is 7.92. The highest BCUT2D eigenvalue weighted by atomic mass is 32.2. The Labute approximate surface area is 258 Å². The van der Waals surface area contributed by atoms with E-state index in [0.717, 1.165) is 12.8 Å². The van der Waals surface area contributed by atoms with Gasteiger partial charge < -0.3 is 40.5 Å². The van der Waals surface area contributed by atoms with Gasteiger partial charge in [-0.3, -0.25) is 4.72 Å². The number of urea groups is 1. The molecule has 0 radical (unpaired) electrons. The summed E-state index contributed by atoms with van der Waals surface area (Å²) >= 11 is 0. The first-order valence-electron chi connectivity index (χ1n) is 14.4. The van der Waals surface area contributed by atoms with Crippen molar-refractivity contribution in [1.82, 2.24) is 20.6 Å². The minimum Gasteiger partial charge on any atom is -0.507 e. The van der Waals surface area contributed by atoms with Crippen molar-refractivity contribution in [2.75, 3.05) is 31.1 Å². The van der Waals surface area contributed by atoms with Crippen molar-refractivity contribution in [2.45, 2.75) is 42.3 Å². The second-order valence-corrected chi connectivity index (χ2v) is 12.7. The molecule has 1 unspecified atom stereocenters. The average molecular weight is 642 g/mol. The monoisotopic (exact) mass is 641 g/mol. The fourth-order valence-corrected chi connectivity index (χ4v) is 6.12. The maximum Gasteiger partial charge on any atom is 0.343 e. The van der Waals surface area contributed by atoms with E-state index < -0.39 is 53.0 Å². The zero-order valence-corrected chi connectivity index (χ0v) is 25.0. The van der Waals surface area contributed by atoms with Gasteiger partial charge in [0.15, 0.2) is 0 Å². The molecule has 1 fully saturated rings. The topological polar surface area (TPSA) is 227 Å². The Morgan fingerprint density at radius 1 is 1.07 bits per heavy atom. The minimum absolute atomic E-state index is 0.0541. The van der Waals surface area contributed by atoms with Gasteiger partial charge in [-0.1, -0.05) is 24.3 Å². The summed E-state index contributed by atoms with van der Waals surface area (Å²) in [6, 6.07) is 14.3. The van der Waals surface area contributed by atoms with Crippen LogP contribution in [0.2, 0.25) is 0 Å². The molecule has 2 amide bonds. The van der Waals surface area contributed by atoms with Crippen molar-refractivity contribution in [3.8, 4) is 5.75 Å². The van der Waals surface area contributed by atoms with Crippen molar-refractivity contribution in [3.63, 3.8) is 0 Å². The third kappa shape index (κ3) is 7.28. The van der Waals surface area contributed by atoms with E-state index in [9.17, 15) is 38.4 Å². The quantitative estimate of drug-likeness (QED) is 0.0926. The number of hydrogen-bond donors (Lipinski definition) is 8. The predicted octanol–water partition coefficient (Wildman–Crippen LogP) is 1.51. The van der Waals surface area contributed by atoms with E-state index in [-0.39, 0.29) is 46.8 Å². The predicted molar refractivity (Wildman–Crippen MR) is 163 cm³/mol. The molecule has 2 heterocycles. The Morgan fingerprint density at radius 3 is 2.47 bits per heavy atom. The number of nitrogens with one attached hydrogen (secondary N) is 4. The average Bonchev–Trinajstić information content (AvgIpc) is 3.75. The SMILES string of the molecule is O=C(NCCCc1cc(O)c(C(c2cccc(NS(=O)(=O)c3nc4ccccc4[nH]3)c2)C2CC2)c(=O)o1)NC(CO)(CO)CO. The molecule has 45 heavy (non-hydrogen) atoms. The summed E-state index contributed by atoms with van der Waals surface area (Å²) in [5.41, 5.74) is -0.183. The molecule has 2 aromatic carbocycles. The molecule has 0 spiro atoms. The number of nitrogens with zero attached hydrogens (tertiary/aromatic N) is 1. The highest BCUT2D eigenvalue weighted by Crippen LogP contribution is 2.48. The van der Waals surface area contributed by atoms with Crippen LogP contribution in [0.5, 0.6) is 5.75 Å².